The Morgan fingerprint density at radius 3 is 2.31 bits per heavy atom. The first-order chi connectivity index (χ1) is 12.6. The van der Waals surface area contributed by atoms with Crippen molar-refractivity contribution < 1.29 is 8.81 Å². The SMILES string of the molecule is CCCc1ccc2c(oc(=O)c3cc(-c4ccc(C)cc4)ccc32)c1F. The molecule has 26 heavy (non-hydrogen) atoms. The van der Waals surface area contributed by atoms with E-state index in [1.54, 1.807) is 6.07 Å². The monoisotopic (exact) mass is 346 g/mol. The van der Waals surface area contributed by atoms with Gasteiger partial charge in [0.2, 0.25) is 0 Å². The number of aryl methyl sites for hydroxylation is 2. The lowest BCUT2D eigenvalue weighted by molar-refractivity contribution is 0.524. The summed E-state index contributed by atoms with van der Waals surface area (Å²) in [5.41, 5.74) is 3.27. The predicted molar refractivity (Wildman–Crippen MR) is 104 cm³/mol. The van der Waals surface area contributed by atoms with Crippen molar-refractivity contribution >= 4 is 21.7 Å². The lowest BCUT2D eigenvalue weighted by atomic mass is 9.98. The number of hydrogen-bond donors (Lipinski definition) is 0. The molecule has 130 valence electrons. The second-order valence-corrected chi connectivity index (χ2v) is 6.68. The van der Waals surface area contributed by atoms with Gasteiger partial charge in [-0.25, -0.2) is 9.18 Å². The Labute approximate surface area is 150 Å². The van der Waals surface area contributed by atoms with Crippen LogP contribution in [0.2, 0.25) is 0 Å². The summed E-state index contributed by atoms with van der Waals surface area (Å²) >= 11 is 0. The number of hydrogen-bond acceptors (Lipinski definition) is 2. The van der Waals surface area contributed by atoms with Crippen molar-refractivity contribution in [3.63, 3.8) is 0 Å². The molecule has 0 fully saturated rings. The van der Waals surface area contributed by atoms with Gasteiger partial charge >= 0.3 is 5.63 Å². The molecule has 0 saturated heterocycles. The molecule has 0 aliphatic heterocycles. The minimum atomic E-state index is -0.506. The highest BCUT2D eigenvalue weighted by molar-refractivity contribution is 6.05. The van der Waals surface area contributed by atoms with E-state index in [4.69, 9.17) is 4.42 Å². The highest BCUT2D eigenvalue weighted by atomic mass is 19.1. The largest absolute Gasteiger partial charge is 0.419 e. The van der Waals surface area contributed by atoms with Crippen LogP contribution < -0.4 is 5.63 Å². The molecule has 0 saturated carbocycles. The van der Waals surface area contributed by atoms with Gasteiger partial charge < -0.3 is 4.42 Å². The first kappa shape index (κ1) is 16.5. The standard InChI is InChI=1S/C23H19FO2/c1-3-4-16-9-12-19-18-11-10-17(15-7-5-14(2)6-8-15)13-20(18)23(25)26-22(19)21(16)24/h5-13H,3-4H2,1-2H3. The average Bonchev–Trinajstić information content (AvgIpc) is 2.65. The van der Waals surface area contributed by atoms with Crippen molar-refractivity contribution in [2.75, 3.05) is 0 Å². The Bertz CT molecular complexity index is 1170. The molecule has 0 amide bonds. The van der Waals surface area contributed by atoms with E-state index < -0.39 is 11.4 Å². The molecule has 1 heterocycles. The fourth-order valence-electron chi connectivity index (χ4n) is 3.39. The van der Waals surface area contributed by atoms with Gasteiger partial charge in [0.1, 0.15) is 0 Å². The van der Waals surface area contributed by atoms with Gasteiger partial charge in [-0.15, -0.1) is 0 Å². The summed E-state index contributed by atoms with van der Waals surface area (Å²) in [6.07, 6.45) is 1.45. The van der Waals surface area contributed by atoms with Crippen LogP contribution in [0.1, 0.15) is 24.5 Å². The molecule has 1 aromatic heterocycles. The molecule has 0 atom stereocenters. The molecule has 4 rings (SSSR count). The molecule has 0 bridgehead atoms. The molecule has 2 nitrogen and oxygen atoms in total. The van der Waals surface area contributed by atoms with E-state index in [1.165, 1.54) is 5.56 Å². The summed E-state index contributed by atoms with van der Waals surface area (Å²) in [6, 6.07) is 17.4. The minimum absolute atomic E-state index is 0.0523. The molecule has 0 N–H and O–H groups in total. The summed E-state index contributed by atoms with van der Waals surface area (Å²) in [7, 11) is 0. The fraction of sp³-hybridized carbons (Fsp3) is 0.174. The van der Waals surface area contributed by atoms with E-state index in [0.717, 1.165) is 17.5 Å². The van der Waals surface area contributed by atoms with Crippen LogP contribution in [-0.4, -0.2) is 0 Å². The van der Waals surface area contributed by atoms with Crippen molar-refractivity contribution in [1.82, 2.24) is 0 Å². The normalized spacial score (nSPS) is 11.3. The molecule has 3 aromatic carbocycles. The smallest absolute Gasteiger partial charge is 0.344 e. The number of fused-ring (bicyclic) bond motifs is 3. The number of halogens is 1. The summed E-state index contributed by atoms with van der Waals surface area (Å²) in [5, 5.41) is 1.82. The molecule has 0 spiro atoms. The van der Waals surface area contributed by atoms with Gasteiger partial charge in [0.25, 0.3) is 0 Å². The van der Waals surface area contributed by atoms with E-state index in [9.17, 15) is 9.18 Å². The van der Waals surface area contributed by atoms with Gasteiger partial charge in [-0.2, -0.15) is 0 Å². The molecule has 0 radical (unpaired) electrons. The predicted octanol–water partition coefficient (Wildman–Crippen LogP) is 6.01. The van der Waals surface area contributed by atoms with Crippen molar-refractivity contribution in [2.24, 2.45) is 0 Å². The summed E-state index contributed by atoms with van der Waals surface area (Å²) in [4.78, 5) is 12.5. The van der Waals surface area contributed by atoms with Gasteiger partial charge in [-0.3, -0.25) is 0 Å². The molecule has 0 aliphatic carbocycles. The number of benzene rings is 3. The van der Waals surface area contributed by atoms with Crippen molar-refractivity contribution in [2.45, 2.75) is 26.7 Å². The lowest BCUT2D eigenvalue weighted by Gasteiger charge is -2.09. The Hall–Kier alpha value is -2.94. The Balaban J connectivity index is 1.96. The van der Waals surface area contributed by atoms with Crippen molar-refractivity contribution in [1.29, 1.82) is 0 Å². The third kappa shape index (κ3) is 2.70. The third-order valence-electron chi connectivity index (χ3n) is 4.81. The van der Waals surface area contributed by atoms with E-state index >= 15 is 0 Å². The van der Waals surface area contributed by atoms with E-state index in [1.807, 2.05) is 62.4 Å². The maximum absolute atomic E-state index is 14.7. The average molecular weight is 346 g/mol. The molecular weight excluding hydrogens is 327 g/mol. The summed E-state index contributed by atoms with van der Waals surface area (Å²) in [5.74, 6) is -0.425. The fourth-order valence-corrected chi connectivity index (χ4v) is 3.39. The molecular formula is C23H19FO2. The highest BCUT2D eigenvalue weighted by Crippen LogP contribution is 2.30. The van der Waals surface area contributed by atoms with Crippen LogP contribution in [0.5, 0.6) is 0 Å². The van der Waals surface area contributed by atoms with E-state index in [-0.39, 0.29) is 5.58 Å². The second-order valence-electron chi connectivity index (χ2n) is 6.68. The van der Waals surface area contributed by atoms with Gasteiger partial charge in [-0.1, -0.05) is 67.4 Å². The van der Waals surface area contributed by atoms with Crippen LogP contribution in [0.3, 0.4) is 0 Å². The topological polar surface area (TPSA) is 30.2 Å². The van der Waals surface area contributed by atoms with Crippen LogP contribution in [0, 0.1) is 12.7 Å². The first-order valence-corrected chi connectivity index (χ1v) is 8.83. The van der Waals surface area contributed by atoms with Crippen LogP contribution in [0.4, 0.5) is 4.39 Å². The van der Waals surface area contributed by atoms with Crippen molar-refractivity contribution in [3.8, 4) is 11.1 Å². The van der Waals surface area contributed by atoms with Crippen LogP contribution in [-0.2, 0) is 6.42 Å². The summed E-state index contributed by atoms with van der Waals surface area (Å²) in [6.45, 7) is 4.03. The zero-order chi connectivity index (χ0) is 18.3. The van der Waals surface area contributed by atoms with E-state index in [0.29, 0.717) is 28.1 Å². The first-order valence-electron chi connectivity index (χ1n) is 8.83. The maximum Gasteiger partial charge on any atom is 0.344 e. The van der Waals surface area contributed by atoms with Crippen LogP contribution >= 0.6 is 0 Å². The third-order valence-corrected chi connectivity index (χ3v) is 4.81. The van der Waals surface area contributed by atoms with E-state index in [2.05, 4.69) is 0 Å². The maximum atomic E-state index is 14.7. The number of rotatable bonds is 3. The zero-order valence-corrected chi connectivity index (χ0v) is 14.8. The van der Waals surface area contributed by atoms with Crippen LogP contribution in [0.15, 0.2) is 63.8 Å². The second kappa shape index (κ2) is 6.41. The quantitative estimate of drug-likeness (QED) is 0.336. The Morgan fingerprint density at radius 1 is 0.885 bits per heavy atom. The van der Waals surface area contributed by atoms with Crippen LogP contribution in [0.25, 0.3) is 32.9 Å². The van der Waals surface area contributed by atoms with Gasteiger partial charge in [0.05, 0.1) is 5.39 Å². The van der Waals surface area contributed by atoms with Gasteiger partial charge in [0, 0.05) is 10.8 Å². The van der Waals surface area contributed by atoms with Gasteiger partial charge in [-0.05, 0) is 36.1 Å². The molecule has 0 aliphatic rings. The summed E-state index contributed by atoms with van der Waals surface area (Å²) < 4.78 is 20.1. The molecule has 0 unspecified atom stereocenters. The molecule has 4 aromatic rings. The van der Waals surface area contributed by atoms with Crippen molar-refractivity contribution in [3.05, 3.63) is 82.0 Å². The molecule has 3 heteroatoms. The Kier molecular flexibility index (Phi) is 4.08. The van der Waals surface area contributed by atoms with Gasteiger partial charge in [0.15, 0.2) is 11.4 Å². The minimum Gasteiger partial charge on any atom is -0.419 e. The Morgan fingerprint density at radius 2 is 1.58 bits per heavy atom. The lowest BCUT2D eigenvalue weighted by Crippen LogP contribution is -2.02. The zero-order valence-electron chi connectivity index (χ0n) is 14.8. The highest BCUT2D eigenvalue weighted by Gasteiger charge is 2.14.